The molecule has 2 heterocycles. The van der Waals surface area contributed by atoms with Crippen molar-refractivity contribution in [2.75, 3.05) is 13.7 Å². The maximum Gasteiger partial charge on any atom is 0.288 e. The molecular weight excluding hydrogens is 406 g/mol. The molecule has 6 nitrogen and oxygen atoms in total. The van der Waals surface area contributed by atoms with Crippen LogP contribution >= 0.6 is 11.6 Å². The standard InChI is InChI=1S/C23H22ClNO5/c1-4-5-8-29-16-7-6-13(10-18(16)28-3)20-19-21(26)14-11-15(24)12(2)9-17(14)30-22(19)23(27)25-20/h6-7,9-11,20H,4-5,8H2,1-3H3,(H,25,27). The SMILES string of the molecule is CCCCOc1ccc(C2NC(=O)c3oc4cc(C)c(Cl)cc4c(=O)c32)cc1OC. The van der Waals surface area contributed by atoms with E-state index in [1.807, 2.05) is 13.0 Å². The Hall–Kier alpha value is -2.99. The number of fused-ring (bicyclic) bond motifs is 2. The minimum Gasteiger partial charge on any atom is -0.493 e. The van der Waals surface area contributed by atoms with Gasteiger partial charge in [0.15, 0.2) is 16.9 Å². The van der Waals surface area contributed by atoms with E-state index < -0.39 is 11.9 Å². The summed E-state index contributed by atoms with van der Waals surface area (Å²) >= 11 is 6.21. The van der Waals surface area contributed by atoms with Crippen molar-refractivity contribution in [3.8, 4) is 11.5 Å². The summed E-state index contributed by atoms with van der Waals surface area (Å²) in [5.74, 6) is 0.757. The molecule has 1 unspecified atom stereocenters. The number of carbonyl (C=O) groups excluding carboxylic acids is 1. The average molecular weight is 428 g/mol. The number of benzene rings is 2. The third-order valence-corrected chi connectivity index (χ3v) is 5.66. The molecule has 1 atom stereocenters. The van der Waals surface area contributed by atoms with E-state index in [9.17, 15) is 9.59 Å². The summed E-state index contributed by atoms with van der Waals surface area (Å²) in [6.45, 7) is 4.49. The summed E-state index contributed by atoms with van der Waals surface area (Å²) < 4.78 is 17.0. The predicted octanol–water partition coefficient (Wildman–Crippen LogP) is 4.78. The van der Waals surface area contributed by atoms with E-state index in [0.29, 0.717) is 39.7 Å². The summed E-state index contributed by atoms with van der Waals surface area (Å²) in [5, 5.41) is 3.66. The highest BCUT2D eigenvalue weighted by Crippen LogP contribution is 2.36. The van der Waals surface area contributed by atoms with Crippen LogP contribution in [0.5, 0.6) is 11.5 Å². The molecule has 0 aliphatic carbocycles. The summed E-state index contributed by atoms with van der Waals surface area (Å²) in [6, 6.07) is 7.99. The highest BCUT2D eigenvalue weighted by atomic mass is 35.5. The lowest BCUT2D eigenvalue weighted by Gasteiger charge is -2.16. The Bertz CT molecular complexity index is 1200. The van der Waals surface area contributed by atoms with E-state index in [-0.39, 0.29) is 16.8 Å². The Balaban J connectivity index is 1.80. The maximum absolute atomic E-state index is 13.2. The fourth-order valence-electron chi connectivity index (χ4n) is 3.59. The molecule has 1 aromatic heterocycles. The van der Waals surface area contributed by atoms with Crippen molar-refractivity contribution in [3.05, 3.63) is 68.0 Å². The van der Waals surface area contributed by atoms with E-state index in [0.717, 1.165) is 18.4 Å². The summed E-state index contributed by atoms with van der Waals surface area (Å²) in [5.41, 5.74) is 1.80. The van der Waals surface area contributed by atoms with Crippen LogP contribution in [0.2, 0.25) is 5.02 Å². The second-order valence-corrected chi connectivity index (χ2v) is 7.70. The largest absolute Gasteiger partial charge is 0.493 e. The van der Waals surface area contributed by atoms with Crippen LogP contribution in [0.25, 0.3) is 11.0 Å². The van der Waals surface area contributed by atoms with Gasteiger partial charge in [0.05, 0.1) is 30.7 Å². The van der Waals surface area contributed by atoms with Crippen molar-refractivity contribution < 1.29 is 18.7 Å². The van der Waals surface area contributed by atoms with Gasteiger partial charge in [-0.25, -0.2) is 0 Å². The van der Waals surface area contributed by atoms with Crippen molar-refractivity contribution in [1.82, 2.24) is 5.32 Å². The van der Waals surface area contributed by atoms with Crippen molar-refractivity contribution >= 4 is 28.5 Å². The molecule has 7 heteroatoms. The van der Waals surface area contributed by atoms with Gasteiger partial charge in [0.1, 0.15) is 5.58 Å². The Kier molecular flexibility index (Phi) is 5.43. The average Bonchev–Trinajstić information content (AvgIpc) is 3.07. The second-order valence-electron chi connectivity index (χ2n) is 7.29. The molecule has 1 aliphatic heterocycles. The van der Waals surface area contributed by atoms with Crippen LogP contribution in [0.3, 0.4) is 0 Å². The van der Waals surface area contributed by atoms with Gasteiger partial charge < -0.3 is 19.2 Å². The molecule has 0 saturated carbocycles. The Morgan fingerprint density at radius 2 is 1.97 bits per heavy atom. The zero-order valence-electron chi connectivity index (χ0n) is 17.0. The number of methoxy groups -OCH3 is 1. The van der Waals surface area contributed by atoms with E-state index >= 15 is 0 Å². The van der Waals surface area contributed by atoms with Gasteiger partial charge >= 0.3 is 0 Å². The first kappa shape index (κ1) is 20.3. The van der Waals surface area contributed by atoms with Crippen molar-refractivity contribution in [1.29, 1.82) is 0 Å². The first-order chi connectivity index (χ1) is 14.4. The minimum atomic E-state index is -0.646. The molecular formula is C23H22ClNO5. The number of carbonyl (C=O) groups is 1. The number of amides is 1. The molecule has 0 bridgehead atoms. The molecule has 0 spiro atoms. The Morgan fingerprint density at radius 3 is 2.70 bits per heavy atom. The number of nitrogens with one attached hydrogen (secondary N) is 1. The van der Waals surface area contributed by atoms with Crippen LogP contribution in [-0.4, -0.2) is 19.6 Å². The highest BCUT2D eigenvalue weighted by molar-refractivity contribution is 6.32. The molecule has 0 saturated heterocycles. The fourth-order valence-corrected chi connectivity index (χ4v) is 3.75. The molecule has 3 aromatic rings. The lowest BCUT2D eigenvalue weighted by Crippen LogP contribution is -2.22. The lowest BCUT2D eigenvalue weighted by molar-refractivity contribution is 0.0938. The van der Waals surface area contributed by atoms with Crippen LogP contribution in [0.1, 0.15) is 53.1 Å². The highest BCUT2D eigenvalue weighted by Gasteiger charge is 2.36. The second kappa shape index (κ2) is 8.03. The quantitative estimate of drug-likeness (QED) is 0.573. The Labute approximate surface area is 178 Å². The van der Waals surface area contributed by atoms with E-state index in [4.69, 9.17) is 25.5 Å². The summed E-state index contributed by atoms with van der Waals surface area (Å²) in [4.78, 5) is 25.8. The van der Waals surface area contributed by atoms with Gasteiger partial charge in [-0.1, -0.05) is 31.0 Å². The molecule has 1 amide bonds. The van der Waals surface area contributed by atoms with Gasteiger partial charge in [0, 0.05) is 5.02 Å². The van der Waals surface area contributed by atoms with Gasteiger partial charge in [-0.05, 0) is 48.7 Å². The van der Waals surface area contributed by atoms with Crippen LogP contribution in [0.15, 0.2) is 39.5 Å². The zero-order chi connectivity index (χ0) is 21.4. The van der Waals surface area contributed by atoms with E-state index in [1.165, 1.54) is 0 Å². The van der Waals surface area contributed by atoms with Crippen molar-refractivity contribution in [2.24, 2.45) is 0 Å². The molecule has 4 rings (SSSR count). The summed E-state index contributed by atoms with van der Waals surface area (Å²) in [7, 11) is 1.55. The first-order valence-corrected chi connectivity index (χ1v) is 10.2. The monoisotopic (exact) mass is 427 g/mol. The molecule has 1 aliphatic rings. The van der Waals surface area contributed by atoms with Crippen LogP contribution in [0, 0.1) is 6.92 Å². The van der Waals surface area contributed by atoms with Gasteiger partial charge in [-0.2, -0.15) is 0 Å². The number of unbranched alkanes of at least 4 members (excludes halogenated alkanes) is 1. The third kappa shape index (κ3) is 3.41. The van der Waals surface area contributed by atoms with Crippen LogP contribution in [-0.2, 0) is 0 Å². The number of aryl methyl sites for hydroxylation is 1. The number of hydrogen-bond acceptors (Lipinski definition) is 5. The molecule has 1 N–H and O–H groups in total. The number of rotatable bonds is 6. The Morgan fingerprint density at radius 1 is 1.17 bits per heavy atom. The molecule has 0 radical (unpaired) electrons. The number of hydrogen-bond donors (Lipinski definition) is 1. The summed E-state index contributed by atoms with van der Waals surface area (Å²) in [6.07, 6.45) is 1.96. The van der Waals surface area contributed by atoms with Gasteiger partial charge in [0.25, 0.3) is 5.91 Å². The number of ether oxygens (including phenoxy) is 2. The topological polar surface area (TPSA) is 77.8 Å². The van der Waals surface area contributed by atoms with Crippen LogP contribution < -0.4 is 20.2 Å². The zero-order valence-corrected chi connectivity index (χ0v) is 17.8. The predicted molar refractivity (Wildman–Crippen MR) is 115 cm³/mol. The van der Waals surface area contributed by atoms with E-state index in [1.54, 1.807) is 31.4 Å². The van der Waals surface area contributed by atoms with Gasteiger partial charge in [-0.3, -0.25) is 9.59 Å². The smallest absolute Gasteiger partial charge is 0.288 e. The first-order valence-electron chi connectivity index (χ1n) is 9.83. The van der Waals surface area contributed by atoms with Crippen LogP contribution in [0.4, 0.5) is 0 Å². The van der Waals surface area contributed by atoms with Crippen molar-refractivity contribution in [2.45, 2.75) is 32.7 Å². The normalized spacial score (nSPS) is 15.2. The molecule has 2 aromatic carbocycles. The maximum atomic E-state index is 13.2. The molecule has 30 heavy (non-hydrogen) atoms. The van der Waals surface area contributed by atoms with Gasteiger partial charge in [-0.15, -0.1) is 0 Å². The van der Waals surface area contributed by atoms with Gasteiger partial charge in [0.2, 0.25) is 5.76 Å². The fraction of sp³-hybridized carbons (Fsp3) is 0.304. The molecule has 0 fully saturated rings. The lowest BCUT2D eigenvalue weighted by atomic mass is 9.98. The minimum absolute atomic E-state index is 0.0291. The van der Waals surface area contributed by atoms with Crippen molar-refractivity contribution in [3.63, 3.8) is 0 Å². The third-order valence-electron chi connectivity index (χ3n) is 5.25. The number of halogens is 1. The van der Waals surface area contributed by atoms with E-state index in [2.05, 4.69) is 12.2 Å². The molecule has 156 valence electrons.